The monoisotopic (exact) mass is 280 g/mol. The van der Waals surface area contributed by atoms with E-state index >= 15 is 0 Å². The number of hydrogen-bond acceptors (Lipinski definition) is 5. The van der Waals surface area contributed by atoms with Gasteiger partial charge in [0.25, 0.3) is 0 Å². The van der Waals surface area contributed by atoms with Crippen molar-refractivity contribution in [3.05, 3.63) is 12.2 Å². The summed E-state index contributed by atoms with van der Waals surface area (Å²) in [5.74, 6) is -0.514. The van der Waals surface area contributed by atoms with Crippen LogP contribution >= 0.6 is 0 Å². The Morgan fingerprint density at radius 3 is 2.70 bits per heavy atom. The molecule has 2 saturated heterocycles. The summed E-state index contributed by atoms with van der Waals surface area (Å²) in [7, 11) is 0. The third-order valence-corrected chi connectivity index (χ3v) is 6.10. The van der Waals surface area contributed by atoms with Crippen molar-refractivity contribution in [2.45, 2.75) is 50.8 Å². The first-order valence-electron chi connectivity index (χ1n) is 7.28. The molecule has 0 amide bonds. The Kier molecular flexibility index (Phi) is 2.33. The van der Waals surface area contributed by atoms with Gasteiger partial charge in [0, 0.05) is 16.9 Å². The van der Waals surface area contributed by atoms with Gasteiger partial charge in [-0.3, -0.25) is 0 Å². The lowest BCUT2D eigenvalue weighted by Gasteiger charge is -2.42. The van der Waals surface area contributed by atoms with Crippen molar-refractivity contribution in [1.29, 1.82) is 0 Å². The van der Waals surface area contributed by atoms with Gasteiger partial charge in [0.2, 0.25) is 0 Å². The van der Waals surface area contributed by atoms with Crippen molar-refractivity contribution in [2.75, 3.05) is 0 Å². The highest BCUT2D eigenvalue weighted by molar-refractivity contribution is 5.91. The third-order valence-electron chi connectivity index (χ3n) is 6.10. The minimum atomic E-state index is -0.826. The van der Waals surface area contributed by atoms with E-state index in [9.17, 15) is 15.0 Å². The molecule has 0 bridgehead atoms. The van der Waals surface area contributed by atoms with Crippen LogP contribution in [0.4, 0.5) is 0 Å². The van der Waals surface area contributed by atoms with Crippen molar-refractivity contribution < 1.29 is 24.5 Å². The zero-order chi connectivity index (χ0) is 14.4. The summed E-state index contributed by atoms with van der Waals surface area (Å²) in [6.07, 6.45) is -1.30. The van der Waals surface area contributed by atoms with E-state index in [1.165, 1.54) is 0 Å². The van der Waals surface area contributed by atoms with Crippen LogP contribution in [-0.2, 0) is 14.3 Å². The van der Waals surface area contributed by atoms with Crippen LogP contribution in [0.3, 0.4) is 0 Å². The predicted molar refractivity (Wildman–Crippen MR) is 68.6 cm³/mol. The molecule has 0 aromatic heterocycles. The highest BCUT2D eigenvalue weighted by Gasteiger charge is 2.73. The van der Waals surface area contributed by atoms with Crippen molar-refractivity contribution in [3.8, 4) is 0 Å². The van der Waals surface area contributed by atoms with Crippen molar-refractivity contribution >= 4 is 5.97 Å². The van der Waals surface area contributed by atoms with Gasteiger partial charge in [0.15, 0.2) is 0 Å². The van der Waals surface area contributed by atoms with E-state index in [4.69, 9.17) is 9.47 Å². The summed E-state index contributed by atoms with van der Waals surface area (Å²) in [5.41, 5.74) is -0.325. The van der Waals surface area contributed by atoms with Gasteiger partial charge < -0.3 is 19.7 Å². The first-order valence-corrected chi connectivity index (χ1v) is 7.28. The number of fused-ring (bicyclic) bond motifs is 4. The maximum atomic E-state index is 11.7. The molecule has 2 aliphatic heterocycles. The molecule has 4 fully saturated rings. The molecule has 2 saturated carbocycles. The normalized spacial score (nSPS) is 60.4. The zero-order valence-electron chi connectivity index (χ0n) is 11.7. The molecule has 2 N–H and O–H groups in total. The molecule has 9 atom stereocenters. The lowest BCUT2D eigenvalue weighted by atomic mass is 9.66. The van der Waals surface area contributed by atoms with Crippen LogP contribution in [0.15, 0.2) is 12.2 Å². The number of carbonyl (C=O) groups excluding carboxylic acids is 1. The fourth-order valence-corrected chi connectivity index (χ4v) is 5.03. The summed E-state index contributed by atoms with van der Waals surface area (Å²) >= 11 is 0. The van der Waals surface area contributed by atoms with Crippen LogP contribution in [0.25, 0.3) is 0 Å². The number of aliphatic hydroxyl groups excluding tert-OH is 2. The van der Waals surface area contributed by atoms with Gasteiger partial charge in [0.1, 0.15) is 12.2 Å². The lowest BCUT2D eigenvalue weighted by molar-refractivity contribution is -0.140. The number of ether oxygens (including phenoxy) is 2. The van der Waals surface area contributed by atoms with E-state index in [0.717, 1.165) is 0 Å². The van der Waals surface area contributed by atoms with Gasteiger partial charge in [-0.15, -0.1) is 0 Å². The second-order valence-electron chi connectivity index (χ2n) is 7.05. The quantitative estimate of drug-likeness (QED) is 0.378. The van der Waals surface area contributed by atoms with Gasteiger partial charge in [-0.1, -0.05) is 20.4 Å². The number of aliphatic hydroxyl groups is 2. The van der Waals surface area contributed by atoms with E-state index in [2.05, 4.69) is 13.5 Å². The molecule has 0 spiro atoms. The maximum Gasteiger partial charge on any atom is 0.334 e. The molecule has 0 radical (unpaired) electrons. The average molecular weight is 280 g/mol. The molecule has 20 heavy (non-hydrogen) atoms. The summed E-state index contributed by atoms with van der Waals surface area (Å²) in [6.45, 7) is 7.79. The van der Waals surface area contributed by atoms with Crippen LogP contribution < -0.4 is 0 Å². The molecule has 0 aromatic rings. The van der Waals surface area contributed by atoms with E-state index < -0.39 is 29.5 Å². The molecule has 4 aliphatic rings. The minimum Gasteiger partial charge on any atom is -0.458 e. The van der Waals surface area contributed by atoms with Gasteiger partial charge in [-0.25, -0.2) is 4.79 Å². The molecular weight excluding hydrogens is 260 g/mol. The van der Waals surface area contributed by atoms with Crippen LogP contribution in [-0.4, -0.2) is 46.7 Å². The van der Waals surface area contributed by atoms with Gasteiger partial charge >= 0.3 is 5.97 Å². The number of carbonyl (C=O) groups is 1. The molecule has 2 heterocycles. The van der Waals surface area contributed by atoms with Gasteiger partial charge in [-0.2, -0.15) is 0 Å². The predicted octanol–water partition coefficient (Wildman–Crippen LogP) is 0.249. The molecule has 5 nitrogen and oxygen atoms in total. The molecule has 0 aromatic carbocycles. The summed E-state index contributed by atoms with van der Waals surface area (Å²) < 4.78 is 10.9. The van der Waals surface area contributed by atoms with E-state index in [1.807, 2.05) is 6.92 Å². The minimum absolute atomic E-state index is 0.0300. The Balaban J connectivity index is 1.79. The van der Waals surface area contributed by atoms with E-state index in [0.29, 0.717) is 12.0 Å². The van der Waals surface area contributed by atoms with Crippen LogP contribution in [0.5, 0.6) is 0 Å². The van der Waals surface area contributed by atoms with Gasteiger partial charge in [-0.05, 0) is 12.3 Å². The average Bonchev–Trinajstić information content (AvgIpc) is 3.06. The Bertz CT molecular complexity index is 502. The Labute approximate surface area is 117 Å². The van der Waals surface area contributed by atoms with Crippen LogP contribution in [0.1, 0.15) is 20.3 Å². The first kappa shape index (κ1) is 12.8. The van der Waals surface area contributed by atoms with Gasteiger partial charge in [0.05, 0.1) is 24.2 Å². The van der Waals surface area contributed by atoms with Crippen molar-refractivity contribution in [2.24, 2.45) is 23.2 Å². The smallest absolute Gasteiger partial charge is 0.334 e. The number of epoxide rings is 1. The number of hydrogen-bond donors (Lipinski definition) is 2. The fourth-order valence-electron chi connectivity index (χ4n) is 5.03. The Morgan fingerprint density at radius 2 is 2.00 bits per heavy atom. The fraction of sp³-hybridized carbons (Fsp3) is 0.800. The number of esters is 1. The molecule has 110 valence electrons. The summed E-state index contributed by atoms with van der Waals surface area (Å²) in [4.78, 5) is 11.7. The molecule has 4 rings (SSSR count). The lowest BCUT2D eigenvalue weighted by Crippen LogP contribution is -2.51. The zero-order valence-corrected chi connectivity index (χ0v) is 11.7. The third kappa shape index (κ3) is 1.27. The second kappa shape index (κ2) is 3.64. The van der Waals surface area contributed by atoms with Crippen molar-refractivity contribution in [1.82, 2.24) is 0 Å². The SMILES string of the molecule is C=C1C(=O)O[C@H]2C[C@@H](C)[C@H]3[C@H]4O[C@@H]4[C@H](O)[C@]3(C)[C@@H](O)[C@@H]12. The summed E-state index contributed by atoms with van der Waals surface area (Å²) in [5, 5.41) is 21.4. The molecule has 2 aliphatic carbocycles. The van der Waals surface area contributed by atoms with Crippen LogP contribution in [0.2, 0.25) is 0 Å². The highest BCUT2D eigenvalue weighted by Crippen LogP contribution is 2.62. The maximum absolute atomic E-state index is 11.7. The van der Waals surface area contributed by atoms with E-state index in [1.54, 1.807) is 0 Å². The summed E-state index contributed by atoms with van der Waals surface area (Å²) in [6, 6.07) is 0. The van der Waals surface area contributed by atoms with Crippen molar-refractivity contribution in [3.63, 3.8) is 0 Å². The Morgan fingerprint density at radius 1 is 1.30 bits per heavy atom. The van der Waals surface area contributed by atoms with Crippen LogP contribution in [0, 0.1) is 23.2 Å². The topological polar surface area (TPSA) is 79.3 Å². The number of rotatable bonds is 0. The van der Waals surface area contributed by atoms with E-state index in [-0.39, 0.29) is 30.1 Å². The first-order chi connectivity index (χ1) is 9.37. The molecular formula is C15H20O5. The highest BCUT2D eigenvalue weighted by atomic mass is 16.6. The standard InChI is InChI=1S/C15H20O5/c1-5-4-7-8(6(2)14(18)19-7)12(16)15(3)9(5)10-11(20-10)13(15)17/h5,7-13,16-17H,2,4H2,1,3H3/t5-,7+,8+,9+,10-,11+,12+,13+,15+/m1/s1. The Hall–Kier alpha value is -0.910. The largest absolute Gasteiger partial charge is 0.458 e. The molecule has 5 heteroatoms. The second-order valence-corrected chi connectivity index (χ2v) is 7.05. The molecule has 0 unspecified atom stereocenters.